The number of halogens is 2. The Labute approximate surface area is 126 Å². The average molecular weight is 305 g/mol. The topological polar surface area (TPSA) is 27.1 Å². The molecule has 21 heavy (non-hydrogen) atoms. The Balaban J connectivity index is 2.36. The van der Waals surface area contributed by atoms with Gasteiger partial charge in [0.1, 0.15) is 17.4 Å². The Morgan fingerprint density at radius 1 is 1.29 bits per heavy atom. The molecule has 0 N–H and O–H groups in total. The molecule has 0 spiro atoms. The Bertz CT molecular complexity index is 813. The largest absolute Gasteiger partial charge is 0.494 e. The van der Waals surface area contributed by atoms with E-state index in [2.05, 4.69) is 4.98 Å². The van der Waals surface area contributed by atoms with E-state index in [1.165, 1.54) is 19.2 Å². The van der Waals surface area contributed by atoms with Crippen molar-refractivity contribution < 1.29 is 9.13 Å². The first kappa shape index (κ1) is 13.9. The maximum absolute atomic E-state index is 13.4. The fourth-order valence-electron chi connectivity index (χ4n) is 2.48. The highest BCUT2D eigenvalue weighted by atomic mass is 35.5. The Morgan fingerprint density at radius 2 is 2.10 bits per heavy atom. The molecular weight excluding hydrogens is 291 g/mol. The van der Waals surface area contributed by atoms with E-state index in [0.29, 0.717) is 11.6 Å². The van der Waals surface area contributed by atoms with E-state index in [9.17, 15) is 4.39 Å². The first-order valence-electron chi connectivity index (χ1n) is 6.52. The van der Waals surface area contributed by atoms with Crippen molar-refractivity contribution >= 4 is 22.6 Å². The molecule has 0 bridgehead atoms. The fourth-order valence-corrected chi connectivity index (χ4v) is 2.66. The third-order valence-corrected chi connectivity index (χ3v) is 3.70. The Kier molecular flexibility index (Phi) is 3.55. The van der Waals surface area contributed by atoms with Crippen LogP contribution >= 0.6 is 11.6 Å². The molecule has 3 nitrogen and oxygen atoms in total. The van der Waals surface area contributed by atoms with Crippen molar-refractivity contribution in [3.63, 3.8) is 0 Å². The zero-order valence-corrected chi connectivity index (χ0v) is 12.5. The fraction of sp³-hybridized carbons (Fsp3) is 0.188. The van der Waals surface area contributed by atoms with Crippen molar-refractivity contribution in [2.45, 2.75) is 12.8 Å². The summed E-state index contributed by atoms with van der Waals surface area (Å²) in [7, 11) is 1.52. The molecule has 1 aromatic heterocycles. The lowest BCUT2D eigenvalue weighted by atomic mass is 10.2. The number of aryl methyl sites for hydroxylation is 1. The Hall–Kier alpha value is -2.07. The van der Waals surface area contributed by atoms with Gasteiger partial charge in [-0.05, 0) is 30.7 Å². The number of fused-ring (bicyclic) bond motifs is 1. The van der Waals surface area contributed by atoms with E-state index >= 15 is 0 Å². The van der Waals surface area contributed by atoms with Crippen LogP contribution in [0.2, 0.25) is 0 Å². The maximum atomic E-state index is 13.4. The van der Waals surface area contributed by atoms with E-state index in [1.54, 1.807) is 6.07 Å². The molecule has 0 fully saturated rings. The van der Waals surface area contributed by atoms with Gasteiger partial charge in [-0.25, -0.2) is 9.37 Å². The van der Waals surface area contributed by atoms with Crippen molar-refractivity contribution in [2.24, 2.45) is 0 Å². The number of para-hydroxylation sites is 1. The van der Waals surface area contributed by atoms with E-state index < -0.39 is 0 Å². The molecule has 2 aromatic carbocycles. The van der Waals surface area contributed by atoms with Gasteiger partial charge in [-0.3, -0.25) is 4.57 Å². The molecule has 0 aliphatic rings. The molecule has 5 heteroatoms. The monoisotopic (exact) mass is 304 g/mol. The van der Waals surface area contributed by atoms with E-state index in [1.807, 2.05) is 29.7 Å². The number of benzene rings is 2. The van der Waals surface area contributed by atoms with Gasteiger partial charge in [0.25, 0.3) is 0 Å². The van der Waals surface area contributed by atoms with Crippen LogP contribution in [0.3, 0.4) is 0 Å². The summed E-state index contributed by atoms with van der Waals surface area (Å²) in [6.07, 6.45) is 0. The lowest BCUT2D eigenvalue weighted by molar-refractivity contribution is 0.409. The lowest BCUT2D eigenvalue weighted by Gasteiger charge is -2.12. The van der Waals surface area contributed by atoms with Crippen LogP contribution in [0.15, 0.2) is 36.4 Å². The predicted molar refractivity (Wildman–Crippen MR) is 81.9 cm³/mol. The van der Waals surface area contributed by atoms with Crippen LogP contribution in [0.5, 0.6) is 5.75 Å². The second kappa shape index (κ2) is 5.37. The zero-order valence-electron chi connectivity index (χ0n) is 11.7. The smallest absolute Gasteiger partial charge is 0.145 e. The van der Waals surface area contributed by atoms with Gasteiger partial charge in [-0.2, -0.15) is 0 Å². The third kappa shape index (κ3) is 2.25. The average Bonchev–Trinajstić information content (AvgIpc) is 2.87. The minimum Gasteiger partial charge on any atom is -0.494 e. The summed E-state index contributed by atoms with van der Waals surface area (Å²) in [6, 6.07) is 10.4. The second-order valence-corrected chi connectivity index (χ2v) is 5.02. The summed E-state index contributed by atoms with van der Waals surface area (Å²) < 4.78 is 20.6. The van der Waals surface area contributed by atoms with Crippen molar-refractivity contribution in [1.82, 2.24) is 9.55 Å². The van der Waals surface area contributed by atoms with E-state index in [0.717, 1.165) is 22.3 Å². The molecule has 3 aromatic rings. The van der Waals surface area contributed by atoms with Crippen LogP contribution in [0.1, 0.15) is 11.4 Å². The number of hydrogen-bond acceptors (Lipinski definition) is 2. The maximum Gasteiger partial charge on any atom is 0.145 e. The number of rotatable bonds is 3. The SMILES string of the molecule is COc1cc(F)ccc1-n1c(CCl)nc2c(C)cccc21. The predicted octanol–water partition coefficient (Wildman–Crippen LogP) is 4.22. The quantitative estimate of drug-likeness (QED) is 0.677. The minimum atomic E-state index is -0.344. The summed E-state index contributed by atoms with van der Waals surface area (Å²) >= 11 is 6.03. The van der Waals surface area contributed by atoms with Crippen LogP contribution in [0, 0.1) is 12.7 Å². The van der Waals surface area contributed by atoms with Crippen LogP contribution in [-0.2, 0) is 5.88 Å². The van der Waals surface area contributed by atoms with Gasteiger partial charge in [0.05, 0.1) is 29.7 Å². The van der Waals surface area contributed by atoms with Crippen LogP contribution in [0.25, 0.3) is 16.7 Å². The van der Waals surface area contributed by atoms with Crippen LogP contribution in [0.4, 0.5) is 4.39 Å². The number of alkyl halides is 1. The molecule has 0 saturated carbocycles. The molecule has 0 atom stereocenters. The first-order valence-corrected chi connectivity index (χ1v) is 7.06. The van der Waals surface area contributed by atoms with Gasteiger partial charge in [0.2, 0.25) is 0 Å². The molecule has 1 heterocycles. The van der Waals surface area contributed by atoms with Gasteiger partial charge in [-0.15, -0.1) is 11.6 Å². The molecule has 0 unspecified atom stereocenters. The molecule has 0 radical (unpaired) electrons. The number of aromatic nitrogens is 2. The van der Waals surface area contributed by atoms with Gasteiger partial charge < -0.3 is 4.74 Å². The highest BCUT2D eigenvalue weighted by Crippen LogP contribution is 2.30. The van der Waals surface area contributed by atoms with Crippen molar-refractivity contribution in [1.29, 1.82) is 0 Å². The number of nitrogens with zero attached hydrogens (tertiary/aromatic N) is 2. The van der Waals surface area contributed by atoms with Crippen LogP contribution in [-0.4, -0.2) is 16.7 Å². The number of imidazole rings is 1. The first-order chi connectivity index (χ1) is 10.2. The van der Waals surface area contributed by atoms with Gasteiger partial charge in [0.15, 0.2) is 0 Å². The minimum absolute atomic E-state index is 0.259. The number of hydrogen-bond donors (Lipinski definition) is 0. The standard InChI is InChI=1S/C16H14ClFN2O/c1-10-4-3-5-13-16(10)19-15(9-17)20(13)12-7-6-11(18)8-14(12)21-2/h3-8H,9H2,1-2H3. The van der Waals surface area contributed by atoms with E-state index in [4.69, 9.17) is 16.3 Å². The van der Waals surface area contributed by atoms with Crippen molar-refractivity contribution in [3.05, 3.63) is 53.6 Å². The Morgan fingerprint density at radius 3 is 2.81 bits per heavy atom. The third-order valence-electron chi connectivity index (χ3n) is 3.46. The molecular formula is C16H14ClFN2O. The molecule has 0 aliphatic carbocycles. The van der Waals surface area contributed by atoms with Crippen molar-refractivity contribution in [3.8, 4) is 11.4 Å². The summed E-state index contributed by atoms with van der Waals surface area (Å²) in [6.45, 7) is 2.00. The second-order valence-electron chi connectivity index (χ2n) is 4.76. The highest BCUT2D eigenvalue weighted by Gasteiger charge is 2.16. The van der Waals surface area contributed by atoms with Gasteiger partial charge in [-0.1, -0.05) is 12.1 Å². The summed E-state index contributed by atoms with van der Waals surface area (Å²) in [5.74, 6) is 1.06. The molecule has 0 saturated heterocycles. The van der Waals surface area contributed by atoms with Crippen LogP contribution < -0.4 is 4.74 Å². The highest BCUT2D eigenvalue weighted by molar-refractivity contribution is 6.17. The van der Waals surface area contributed by atoms with Crippen molar-refractivity contribution in [2.75, 3.05) is 7.11 Å². The van der Waals surface area contributed by atoms with Gasteiger partial charge >= 0.3 is 0 Å². The molecule has 0 amide bonds. The summed E-state index contributed by atoms with van der Waals surface area (Å²) in [4.78, 5) is 4.59. The normalized spacial score (nSPS) is 11.0. The molecule has 0 aliphatic heterocycles. The molecule has 3 rings (SSSR count). The number of methoxy groups -OCH3 is 1. The molecule has 108 valence electrons. The zero-order chi connectivity index (χ0) is 15.0. The van der Waals surface area contributed by atoms with Gasteiger partial charge in [0, 0.05) is 6.07 Å². The lowest BCUT2D eigenvalue weighted by Crippen LogP contribution is -2.02. The number of ether oxygens (including phenoxy) is 1. The van der Waals surface area contributed by atoms with E-state index in [-0.39, 0.29) is 11.7 Å². The summed E-state index contributed by atoms with van der Waals surface area (Å²) in [5.41, 5.74) is 3.61. The summed E-state index contributed by atoms with van der Waals surface area (Å²) in [5, 5.41) is 0.